The molecule has 30 heavy (non-hydrogen) atoms. The van der Waals surface area contributed by atoms with Gasteiger partial charge in [-0.25, -0.2) is 0 Å². The summed E-state index contributed by atoms with van der Waals surface area (Å²) in [6.45, 7) is 2.99. The van der Waals surface area contributed by atoms with Crippen molar-refractivity contribution in [2.75, 3.05) is 6.61 Å². The lowest BCUT2D eigenvalue weighted by atomic mass is 9.98. The summed E-state index contributed by atoms with van der Waals surface area (Å²) < 4.78 is 26.3. The number of carbonyl (C=O) groups excluding carboxylic acids is 3. The van der Waals surface area contributed by atoms with Crippen LogP contribution in [-0.2, 0) is 33.3 Å². The molecule has 0 unspecified atom stereocenters. The molecule has 1 N–H and O–H groups in total. The van der Waals surface area contributed by atoms with Crippen molar-refractivity contribution in [2.24, 2.45) is 0 Å². The molecule has 0 amide bonds. The maximum absolute atomic E-state index is 11.5. The zero-order chi connectivity index (χ0) is 22.4. The van der Waals surface area contributed by atoms with Crippen LogP contribution in [0.4, 0.5) is 5.69 Å². The van der Waals surface area contributed by atoms with Gasteiger partial charge in [-0.2, -0.15) is 0 Å². The topological polar surface area (TPSA) is 161 Å². The van der Waals surface area contributed by atoms with Gasteiger partial charge in [0.15, 0.2) is 18.3 Å². The normalized spacial score (nSPS) is 25.7. The Morgan fingerprint density at radius 3 is 2.10 bits per heavy atom. The third-order valence-electron chi connectivity index (χ3n) is 3.97. The summed E-state index contributed by atoms with van der Waals surface area (Å²) in [4.78, 5) is 44.4. The van der Waals surface area contributed by atoms with Crippen molar-refractivity contribution in [1.82, 2.24) is 0 Å². The van der Waals surface area contributed by atoms with Gasteiger partial charge in [0.1, 0.15) is 18.5 Å². The Morgan fingerprint density at radius 1 is 1.03 bits per heavy atom. The molecule has 0 radical (unpaired) electrons. The summed E-state index contributed by atoms with van der Waals surface area (Å²) in [7, 11) is 0. The number of rotatable bonds is 7. The highest BCUT2D eigenvalue weighted by molar-refractivity contribution is 5.67. The molecule has 0 spiro atoms. The predicted octanol–water partition coefficient (Wildman–Crippen LogP) is 0.486. The van der Waals surface area contributed by atoms with Crippen LogP contribution >= 0.6 is 0 Å². The number of nitro groups is 1. The number of aliphatic hydroxyl groups is 1. The van der Waals surface area contributed by atoms with Gasteiger partial charge in [0.05, 0.1) is 4.92 Å². The Kier molecular flexibility index (Phi) is 7.66. The maximum atomic E-state index is 11.5. The molecule has 1 aromatic rings. The molecule has 5 atom stereocenters. The van der Waals surface area contributed by atoms with E-state index in [1.54, 1.807) is 0 Å². The van der Waals surface area contributed by atoms with Gasteiger partial charge in [0.2, 0.25) is 6.29 Å². The number of nitro benzene ring substituents is 1. The molecule has 1 saturated heterocycles. The van der Waals surface area contributed by atoms with Crippen LogP contribution in [0, 0.1) is 10.1 Å². The standard InChI is InChI=1S/C18H21NO11/c1-9(20)26-8-14-16(27-10(2)21)17(28-11(3)22)15(23)18(30-14)29-13-6-4-12(5-7-13)19(24)25/h4-7,14-18,23H,8H2,1-3H3/t14-,15-,16+,17-,18-/m0/s1. The molecule has 1 heterocycles. The zero-order valence-electron chi connectivity index (χ0n) is 16.4. The Bertz CT molecular complexity index is 794. The van der Waals surface area contributed by atoms with E-state index in [1.165, 1.54) is 24.3 Å². The summed E-state index contributed by atoms with van der Waals surface area (Å²) in [5.74, 6) is -2.03. The van der Waals surface area contributed by atoms with E-state index >= 15 is 0 Å². The lowest BCUT2D eigenvalue weighted by Crippen LogP contribution is -2.62. The van der Waals surface area contributed by atoms with Crippen LogP contribution in [0.2, 0.25) is 0 Å². The van der Waals surface area contributed by atoms with Crippen LogP contribution in [0.5, 0.6) is 5.75 Å². The van der Waals surface area contributed by atoms with Crippen LogP contribution in [0.15, 0.2) is 24.3 Å². The summed E-state index contributed by atoms with van der Waals surface area (Å²) in [6.07, 6.45) is -6.82. The van der Waals surface area contributed by atoms with E-state index in [0.29, 0.717) is 0 Å². The number of ether oxygens (including phenoxy) is 5. The van der Waals surface area contributed by atoms with Crippen LogP contribution in [0.1, 0.15) is 20.8 Å². The largest absolute Gasteiger partial charge is 0.463 e. The average molecular weight is 427 g/mol. The fraction of sp³-hybridized carbons (Fsp3) is 0.500. The van der Waals surface area contributed by atoms with E-state index in [-0.39, 0.29) is 18.0 Å². The molecule has 1 fully saturated rings. The quantitative estimate of drug-likeness (QED) is 0.279. The summed E-state index contributed by atoms with van der Waals surface area (Å²) in [6, 6.07) is 4.95. The van der Waals surface area contributed by atoms with E-state index in [0.717, 1.165) is 20.8 Å². The van der Waals surface area contributed by atoms with Crippen LogP contribution in [0.3, 0.4) is 0 Å². The van der Waals surface area contributed by atoms with Crippen molar-refractivity contribution in [3.63, 3.8) is 0 Å². The molecule has 1 aromatic carbocycles. The van der Waals surface area contributed by atoms with Crippen molar-refractivity contribution in [2.45, 2.75) is 51.5 Å². The van der Waals surface area contributed by atoms with Gasteiger partial charge in [-0.3, -0.25) is 24.5 Å². The van der Waals surface area contributed by atoms with Crippen molar-refractivity contribution in [1.29, 1.82) is 0 Å². The number of hydrogen-bond donors (Lipinski definition) is 1. The van der Waals surface area contributed by atoms with Gasteiger partial charge in [0.25, 0.3) is 5.69 Å². The van der Waals surface area contributed by atoms with Crippen molar-refractivity contribution in [3.8, 4) is 5.75 Å². The molecular weight excluding hydrogens is 406 g/mol. The Labute approximate surface area is 170 Å². The van der Waals surface area contributed by atoms with E-state index in [4.69, 9.17) is 23.7 Å². The third-order valence-corrected chi connectivity index (χ3v) is 3.97. The monoisotopic (exact) mass is 427 g/mol. The highest BCUT2D eigenvalue weighted by Crippen LogP contribution is 2.29. The minimum Gasteiger partial charge on any atom is -0.463 e. The first kappa shape index (κ1) is 23.0. The molecule has 0 bridgehead atoms. The minimum atomic E-state index is -1.60. The van der Waals surface area contributed by atoms with Gasteiger partial charge in [-0.05, 0) is 12.1 Å². The highest BCUT2D eigenvalue weighted by atomic mass is 16.7. The summed E-state index contributed by atoms with van der Waals surface area (Å²) >= 11 is 0. The van der Waals surface area contributed by atoms with E-state index in [1.807, 2.05) is 0 Å². The van der Waals surface area contributed by atoms with E-state index < -0.39 is 53.5 Å². The van der Waals surface area contributed by atoms with Gasteiger partial charge in [-0.1, -0.05) is 0 Å². The first-order valence-electron chi connectivity index (χ1n) is 8.81. The van der Waals surface area contributed by atoms with Gasteiger partial charge in [-0.15, -0.1) is 0 Å². The van der Waals surface area contributed by atoms with Crippen LogP contribution in [0.25, 0.3) is 0 Å². The van der Waals surface area contributed by atoms with Crippen LogP contribution < -0.4 is 4.74 Å². The Balaban J connectivity index is 2.28. The van der Waals surface area contributed by atoms with Crippen LogP contribution in [-0.4, -0.2) is 65.3 Å². The van der Waals surface area contributed by atoms with E-state index in [2.05, 4.69) is 0 Å². The summed E-state index contributed by atoms with van der Waals surface area (Å²) in [5.41, 5.74) is -0.173. The van der Waals surface area contributed by atoms with E-state index in [9.17, 15) is 29.6 Å². The van der Waals surface area contributed by atoms with Crippen molar-refractivity contribution >= 4 is 23.6 Å². The van der Waals surface area contributed by atoms with Crippen molar-refractivity contribution < 1.29 is 48.1 Å². The molecule has 1 aliphatic heterocycles. The average Bonchev–Trinajstić information content (AvgIpc) is 2.65. The highest BCUT2D eigenvalue weighted by Gasteiger charge is 2.50. The number of aliphatic hydroxyl groups excluding tert-OH is 1. The molecular formula is C18H21NO11. The smallest absolute Gasteiger partial charge is 0.303 e. The van der Waals surface area contributed by atoms with Gasteiger partial charge < -0.3 is 28.8 Å². The SMILES string of the molecule is CC(=O)OC[C@@H]1O[C@H](Oc2ccc([N+](=O)[O-])cc2)[C@@H](O)[C@H](OC(C)=O)[C@@H]1OC(C)=O. The maximum Gasteiger partial charge on any atom is 0.303 e. The fourth-order valence-electron chi connectivity index (χ4n) is 2.77. The number of nitrogens with zero attached hydrogens (tertiary/aromatic N) is 1. The number of benzene rings is 1. The molecule has 1 aliphatic rings. The molecule has 0 aromatic heterocycles. The Morgan fingerprint density at radius 2 is 1.60 bits per heavy atom. The van der Waals surface area contributed by atoms with Gasteiger partial charge in [0, 0.05) is 32.9 Å². The summed E-state index contributed by atoms with van der Waals surface area (Å²) in [5, 5.41) is 21.4. The van der Waals surface area contributed by atoms with Gasteiger partial charge >= 0.3 is 17.9 Å². The number of hydrogen-bond acceptors (Lipinski definition) is 11. The number of carbonyl (C=O) groups is 3. The molecule has 0 saturated carbocycles. The number of non-ortho nitro benzene ring substituents is 1. The zero-order valence-corrected chi connectivity index (χ0v) is 16.4. The lowest BCUT2D eigenvalue weighted by Gasteiger charge is -2.42. The molecule has 164 valence electrons. The predicted molar refractivity (Wildman–Crippen MR) is 96.1 cm³/mol. The first-order valence-corrected chi connectivity index (χ1v) is 8.81. The Hall–Kier alpha value is -3.25. The number of esters is 3. The molecule has 12 heteroatoms. The lowest BCUT2D eigenvalue weighted by molar-refractivity contribution is -0.384. The molecule has 2 rings (SSSR count). The molecule has 0 aliphatic carbocycles. The second kappa shape index (κ2) is 9.98. The second-order valence-corrected chi connectivity index (χ2v) is 6.35. The molecule has 12 nitrogen and oxygen atoms in total. The fourth-order valence-corrected chi connectivity index (χ4v) is 2.77. The third kappa shape index (κ3) is 6.12. The minimum absolute atomic E-state index is 0.114. The second-order valence-electron chi connectivity index (χ2n) is 6.35. The van der Waals surface area contributed by atoms with Crippen molar-refractivity contribution in [3.05, 3.63) is 34.4 Å². The first-order chi connectivity index (χ1) is 14.1.